The SMILES string of the molecule is Clc1cccc2c1oc1cccc(-c3cc(-c4nc(-c5ccc6ccccc6c5)nc(-c5ccc6ccc7ccccc7c6c5)n4)cc4ccccc34)c12. The molecule has 0 amide bonds. The second kappa shape index (κ2) is 12.1. The number of rotatable bonds is 4. The van der Waals surface area contributed by atoms with Crippen LogP contribution in [0.1, 0.15) is 0 Å². The molecule has 9 aromatic carbocycles. The van der Waals surface area contributed by atoms with E-state index in [0.717, 1.165) is 65.7 Å². The zero-order valence-electron chi connectivity index (χ0n) is 28.8. The van der Waals surface area contributed by atoms with Crippen molar-refractivity contribution in [1.29, 1.82) is 0 Å². The van der Waals surface area contributed by atoms with E-state index < -0.39 is 0 Å². The molecule has 2 aromatic heterocycles. The molecule has 0 atom stereocenters. The summed E-state index contributed by atoms with van der Waals surface area (Å²) in [6.07, 6.45) is 0. The molecule has 0 saturated carbocycles. The number of aromatic nitrogens is 3. The fourth-order valence-electron chi connectivity index (χ4n) is 7.93. The molecule has 0 saturated heterocycles. The lowest BCUT2D eigenvalue weighted by atomic mass is 9.92. The summed E-state index contributed by atoms with van der Waals surface area (Å²) in [6, 6.07) is 59.0. The molecule has 11 aromatic rings. The minimum absolute atomic E-state index is 0.592. The number of nitrogens with zero attached hydrogens (tertiary/aromatic N) is 3. The Labute approximate surface area is 315 Å². The average molecular weight is 710 g/mol. The maximum atomic E-state index is 6.63. The van der Waals surface area contributed by atoms with Crippen LogP contribution in [0.25, 0.3) is 110 Å². The van der Waals surface area contributed by atoms with E-state index in [-0.39, 0.29) is 0 Å². The normalized spacial score (nSPS) is 11.8. The maximum Gasteiger partial charge on any atom is 0.164 e. The van der Waals surface area contributed by atoms with Gasteiger partial charge in [0.1, 0.15) is 5.58 Å². The summed E-state index contributed by atoms with van der Waals surface area (Å²) in [7, 11) is 0. The van der Waals surface area contributed by atoms with Crippen LogP contribution in [0.2, 0.25) is 5.02 Å². The van der Waals surface area contributed by atoms with Crippen LogP contribution in [0, 0.1) is 0 Å². The van der Waals surface area contributed by atoms with E-state index in [2.05, 4.69) is 146 Å². The summed E-state index contributed by atoms with van der Waals surface area (Å²) in [6.45, 7) is 0. The molecule has 0 aliphatic rings. The molecule has 0 aliphatic heterocycles. The van der Waals surface area contributed by atoms with Gasteiger partial charge in [-0.05, 0) is 90.6 Å². The van der Waals surface area contributed by atoms with Crippen molar-refractivity contribution >= 4 is 76.6 Å². The highest BCUT2D eigenvalue weighted by Crippen LogP contribution is 2.42. The molecule has 4 nitrogen and oxygen atoms in total. The Hall–Kier alpha value is -6.88. The molecule has 0 unspecified atom stereocenters. The summed E-state index contributed by atoms with van der Waals surface area (Å²) in [5, 5.41) is 11.8. The first kappa shape index (κ1) is 30.7. The Kier molecular flexibility index (Phi) is 6.88. The van der Waals surface area contributed by atoms with Gasteiger partial charge in [0.25, 0.3) is 0 Å². The second-order valence-electron chi connectivity index (χ2n) is 13.7. The third-order valence-corrected chi connectivity index (χ3v) is 10.8. The first-order valence-electron chi connectivity index (χ1n) is 18.0. The lowest BCUT2D eigenvalue weighted by Gasteiger charge is -2.14. The van der Waals surface area contributed by atoms with E-state index in [1.807, 2.05) is 24.3 Å². The highest BCUT2D eigenvalue weighted by Gasteiger charge is 2.19. The Morgan fingerprint density at radius 3 is 1.76 bits per heavy atom. The highest BCUT2D eigenvalue weighted by molar-refractivity contribution is 6.36. The number of halogens is 1. The van der Waals surface area contributed by atoms with Crippen LogP contribution in [0.5, 0.6) is 0 Å². The molecule has 11 rings (SSSR count). The number of para-hydroxylation sites is 1. The first-order valence-corrected chi connectivity index (χ1v) is 18.3. The highest BCUT2D eigenvalue weighted by atomic mass is 35.5. The molecule has 0 N–H and O–H groups in total. The summed E-state index contributed by atoms with van der Waals surface area (Å²) >= 11 is 6.63. The van der Waals surface area contributed by atoms with Gasteiger partial charge in [-0.15, -0.1) is 0 Å². The topological polar surface area (TPSA) is 51.8 Å². The fraction of sp³-hybridized carbons (Fsp3) is 0. The Morgan fingerprint density at radius 2 is 0.944 bits per heavy atom. The molecule has 252 valence electrons. The zero-order chi connectivity index (χ0) is 35.8. The number of hydrogen-bond donors (Lipinski definition) is 0. The summed E-state index contributed by atoms with van der Waals surface area (Å²) in [5.41, 5.74) is 6.33. The van der Waals surface area contributed by atoms with Crippen molar-refractivity contribution in [2.45, 2.75) is 0 Å². The van der Waals surface area contributed by atoms with Crippen LogP contribution in [-0.2, 0) is 0 Å². The van der Waals surface area contributed by atoms with Gasteiger partial charge < -0.3 is 4.42 Å². The van der Waals surface area contributed by atoms with Gasteiger partial charge in [-0.1, -0.05) is 145 Å². The van der Waals surface area contributed by atoms with E-state index >= 15 is 0 Å². The van der Waals surface area contributed by atoms with Gasteiger partial charge in [-0.25, -0.2) is 15.0 Å². The van der Waals surface area contributed by atoms with Crippen molar-refractivity contribution in [2.24, 2.45) is 0 Å². The van der Waals surface area contributed by atoms with Gasteiger partial charge >= 0.3 is 0 Å². The van der Waals surface area contributed by atoms with Crippen molar-refractivity contribution in [1.82, 2.24) is 15.0 Å². The van der Waals surface area contributed by atoms with Crippen molar-refractivity contribution in [3.8, 4) is 45.3 Å². The minimum atomic E-state index is 0.592. The van der Waals surface area contributed by atoms with Gasteiger partial charge in [0.2, 0.25) is 0 Å². The maximum absolute atomic E-state index is 6.63. The Morgan fingerprint density at radius 1 is 0.370 bits per heavy atom. The predicted molar refractivity (Wildman–Crippen MR) is 224 cm³/mol. The van der Waals surface area contributed by atoms with Crippen LogP contribution in [0.3, 0.4) is 0 Å². The van der Waals surface area contributed by atoms with Crippen molar-refractivity contribution in [2.75, 3.05) is 0 Å². The van der Waals surface area contributed by atoms with E-state index in [4.69, 9.17) is 31.0 Å². The number of hydrogen-bond acceptors (Lipinski definition) is 4. The number of furan rings is 1. The first-order chi connectivity index (χ1) is 26.6. The van der Waals surface area contributed by atoms with Gasteiger partial charge in [0.05, 0.1) is 5.02 Å². The van der Waals surface area contributed by atoms with Crippen molar-refractivity contribution < 1.29 is 4.42 Å². The fourth-order valence-corrected chi connectivity index (χ4v) is 8.15. The molecular weight excluding hydrogens is 682 g/mol. The molecule has 0 fully saturated rings. The lowest BCUT2D eigenvalue weighted by Crippen LogP contribution is -2.00. The monoisotopic (exact) mass is 709 g/mol. The van der Waals surface area contributed by atoms with Gasteiger partial charge in [0, 0.05) is 27.5 Å². The standard InChI is InChI=1S/C49H28ClN3O/c50-43-17-7-16-40-45-39(15-8-18-44(45)54-46(40)43)42-28-36(26-33-12-4-6-14-38(33)42)49-52-47(34-23-19-29-9-1-2-11-32(29)25-34)51-48(53-49)35-24-22-31-21-20-30-10-3-5-13-37(30)41(31)27-35/h1-28H. The van der Waals surface area contributed by atoms with Gasteiger partial charge in [0.15, 0.2) is 23.1 Å². The smallest absolute Gasteiger partial charge is 0.164 e. The zero-order valence-corrected chi connectivity index (χ0v) is 29.5. The number of benzene rings is 9. The molecule has 0 spiro atoms. The lowest BCUT2D eigenvalue weighted by molar-refractivity contribution is 0.669. The van der Waals surface area contributed by atoms with E-state index in [1.54, 1.807) is 0 Å². The van der Waals surface area contributed by atoms with Gasteiger partial charge in [-0.3, -0.25) is 0 Å². The van der Waals surface area contributed by atoms with Gasteiger partial charge in [-0.2, -0.15) is 0 Å². The van der Waals surface area contributed by atoms with Crippen LogP contribution in [0.15, 0.2) is 174 Å². The largest absolute Gasteiger partial charge is 0.454 e. The van der Waals surface area contributed by atoms with Crippen LogP contribution in [-0.4, -0.2) is 15.0 Å². The summed E-state index contributed by atoms with van der Waals surface area (Å²) in [4.78, 5) is 15.6. The summed E-state index contributed by atoms with van der Waals surface area (Å²) < 4.78 is 6.32. The van der Waals surface area contributed by atoms with E-state index in [9.17, 15) is 0 Å². The molecule has 0 bridgehead atoms. The molecule has 5 heteroatoms. The Bertz CT molecular complexity index is 3310. The predicted octanol–water partition coefficient (Wildman–Crippen LogP) is 13.7. The average Bonchev–Trinajstić information content (AvgIpc) is 3.63. The molecule has 54 heavy (non-hydrogen) atoms. The third kappa shape index (κ3) is 4.96. The molecular formula is C49H28ClN3O. The van der Waals surface area contributed by atoms with Crippen LogP contribution < -0.4 is 0 Å². The van der Waals surface area contributed by atoms with Crippen molar-refractivity contribution in [3.63, 3.8) is 0 Å². The molecule has 0 aliphatic carbocycles. The van der Waals surface area contributed by atoms with Crippen LogP contribution in [0.4, 0.5) is 0 Å². The summed E-state index contributed by atoms with van der Waals surface area (Å²) in [5.74, 6) is 1.83. The van der Waals surface area contributed by atoms with Crippen LogP contribution >= 0.6 is 11.6 Å². The van der Waals surface area contributed by atoms with Crippen molar-refractivity contribution in [3.05, 3.63) is 175 Å². The quantitative estimate of drug-likeness (QED) is 0.171. The molecule has 2 heterocycles. The Balaban J connectivity index is 1.17. The second-order valence-corrected chi connectivity index (χ2v) is 14.1. The third-order valence-electron chi connectivity index (χ3n) is 10.5. The minimum Gasteiger partial charge on any atom is -0.454 e. The number of fused-ring (bicyclic) bond motifs is 8. The molecule has 0 radical (unpaired) electrons. The van der Waals surface area contributed by atoms with E-state index in [1.165, 1.54) is 21.5 Å². The van der Waals surface area contributed by atoms with E-state index in [0.29, 0.717) is 28.1 Å².